The Morgan fingerprint density at radius 1 is 0.940 bits per heavy atom. The standard InChI is InChI=1S/C61H70FN11O9S/c1-7-35-9-8-10-38-19-43(74)20-46(52(35)38)54-53(62)55-47(23-63-54)57(71-24-39-15-16-40(25-71)66-39)68-60(67-55)79-29-41-17-18-42(70(41)6)30-80-61(78)72-27-45(28-72)81-50-22-49(82-69-50)51(32(2)3)59(77)73-26-44(75)21-48(73)58(76)65-33(4)36-11-13-37(14-12-36)56-34(5)64-31-83-56/h8-14,19-20,22-23,31-33,39-42,44-45,48,51,66,74-75H,7,15-18,21,24-30H2,1-6H3,(H,65,76)/t33-,39?,40?,41-,42-,44+,48-,51-/m0/s1. The molecule has 5 saturated heterocycles. The molecule has 5 aliphatic heterocycles. The first-order valence-electron chi connectivity index (χ1n) is 28.9. The molecule has 20 nitrogen and oxygen atoms in total. The van der Waals surface area contributed by atoms with Crippen molar-refractivity contribution in [1.82, 2.24) is 50.4 Å². The van der Waals surface area contributed by atoms with E-state index in [0.29, 0.717) is 48.4 Å². The number of nitrogens with one attached hydrogen (secondary N) is 2. The lowest BCUT2D eigenvalue weighted by Gasteiger charge is -2.37. The zero-order valence-electron chi connectivity index (χ0n) is 47.5. The molecule has 12 rings (SSSR count). The fraction of sp³-hybridized carbons (Fsp3) is 0.475. The van der Waals surface area contributed by atoms with Crippen LogP contribution in [0.25, 0.3) is 43.4 Å². The molecule has 2 bridgehead atoms. The number of aryl methyl sites for hydroxylation is 2. The van der Waals surface area contributed by atoms with Gasteiger partial charge in [-0.1, -0.05) is 63.2 Å². The van der Waals surface area contributed by atoms with Gasteiger partial charge in [-0.25, -0.2) is 14.2 Å². The van der Waals surface area contributed by atoms with Crippen LogP contribution in [0.5, 0.6) is 17.6 Å². The van der Waals surface area contributed by atoms with Crippen LogP contribution in [0.3, 0.4) is 0 Å². The van der Waals surface area contributed by atoms with Crippen LogP contribution >= 0.6 is 11.3 Å². The molecule has 9 heterocycles. The molecule has 4 N–H and O–H groups in total. The molecule has 8 atom stereocenters. The Labute approximate surface area is 484 Å². The van der Waals surface area contributed by atoms with E-state index in [0.717, 1.165) is 63.7 Å². The number of hydrogen-bond acceptors (Lipinski definition) is 18. The summed E-state index contributed by atoms with van der Waals surface area (Å²) in [6.07, 6.45) is 4.33. The molecule has 3 amide bonds. The molecular weight excluding hydrogens is 1080 g/mol. The molecule has 22 heteroatoms. The van der Waals surface area contributed by atoms with Gasteiger partial charge < -0.3 is 54.3 Å². The third-order valence-electron chi connectivity index (χ3n) is 17.4. The highest BCUT2D eigenvalue weighted by Gasteiger charge is 2.44. The summed E-state index contributed by atoms with van der Waals surface area (Å²) in [5.74, 6) is -1.38. The maximum Gasteiger partial charge on any atom is 0.410 e. The van der Waals surface area contributed by atoms with Gasteiger partial charge in [-0.3, -0.25) is 19.5 Å². The number of carbonyl (C=O) groups is 3. The van der Waals surface area contributed by atoms with Gasteiger partial charge in [0, 0.05) is 68.0 Å². The van der Waals surface area contributed by atoms with Gasteiger partial charge in [-0.15, -0.1) is 11.3 Å². The average molecular weight is 1150 g/mol. The van der Waals surface area contributed by atoms with E-state index in [4.69, 9.17) is 33.7 Å². The van der Waals surface area contributed by atoms with Crippen LogP contribution in [0, 0.1) is 18.7 Å². The third kappa shape index (κ3) is 11.2. The summed E-state index contributed by atoms with van der Waals surface area (Å²) in [6, 6.07) is 17.9. The number of β-amino-alcohol motifs (C(OH)–C–C–N with tert-alkyl or cyclic N) is 1. The van der Waals surface area contributed by atoms with E-state index in [-0.39, 0.29) is 110 Å². The number of anilines is 1. The highest BCUT2D eigenvalue weighted by Crippen LogP contribution is 2.40. The second-order valence-electron chi connectivity index (χ2n) is 23.3. The number of carbonyl (C=O) groups excluding carboxylic acids is 3. The van der Waals surface area contributed by atoms with Gasteiger partial charge >= 0.3 is 12.1 Å². The van der Waals surface area contributed by atoms with Crippen LogP contribution in [-0.2, 0) is 20.7 Å². The van der Waals surface area contributed by atoms with Crippen molar-refractivity contribution in [2.45, 2.75) is 128 Å². The molecule has 7 aromatic rings. The molecule has 3 aromatic carbocycles. The van der Waals surface area contributed by atoms with Crippen molar-refractivity contribution in [3.8, 4) is 39.3 Å². The monoisotopic (exact) mass is 1150 g/mol. The average Bonchev–Trinajstić information content (AvgIpc) is 3.83. The quantitative estimate of drug-likeness (QED) is 0.0678. The number of ether oxygens (including phenoxy) is 3. The number of amides is 3. The first-order chi connectivity index (χ1) is 40.1. The summed E-state index contributed by atoms with van der Waals surface area (Å²) in [6.45, 7) is 12.0. The van der Waals surface area contributed by atoms with Gasteiger partial charge in [0.2, 0.25) is 11.8 Å². The molecule has 0 aliphatic carbocycles. The number of aromatic hydroxyl groups is 1. The lowest BCUT2D eigenvalue weighted by Crippen LogP contribution is -2.56. The molecule has 83 heavy (non-hydrogen) atoms. The van der Waals surface area contributed by atoms with Crippen molar-refractivity contribution >= 4 is 56.7 Å². The number of halogens is 1. The van der Waals surface area contributed by atoms with Gasteiger partial charge in [0.05, 0.1) is 46.7 Å². The Morgan fingerprint density at radius 3 is 2.42 bits per heavy atom. The summed E-state index contributed by atoms with van der Waals surface area (Å²) in [4.78, 5) is 68.5. The number of hydrogen-bond donors (Lipinski definition) is 4. The predicted octanol–water partition coefficient (Wildman–Crippen LogP) is 7.93. The molecule has 0 saturated carbocycles. The normalized spacial score (nSPS) is 22.6. The smallest absolute Gasteiger partial charge is 0.410 e. The number of aliphatic hydroxyl groups is 1. The van der Waals surface area contributed by atoms with Gasteiger partial charge in [-0.05, 0) is 104 Å². The molecule has 0 spiro atoms. The maximum atomic E-state index is 17.2. The molecule has 5 aliphatic rings. The van der Waals surface area contributed by atoms with Gasteiger partial charge in [0.25, 0.3) is 5.88 Å². The number of aromatic nitrogens is 5. The van der Waals surface area contributed by atoms with E-state index in [9.17, 15) is 24.6 Å². The number of phenolic OH excluding ortho intramolecular Hbond substituents is 1. The highest BCUT2D eigenvalue weighted by molar-refractivity contribution is 7.13. The molecule has 0 radical (unpaired) electrons. The van der Waals surface area contributed by atoms with E-state index >= 15 is 4.39 Å². The summed E-state index contributed by atoms with van der Waals surface area (Å²) >= 11 is 1.57. The Bertz CT molecular complexity index is 3550. The van der Waals surface area contributed by atoms with Crippen molar-refractivity contribution in [2.75, 3.05) is 57.9 Å². The minimum atomic E-state index is -0.885. The van der Waals surface area contributed by atoms with E-state index in [1.54, 1.807) is 40.6 Å². The largest absolute Gasteiger partial charge is 0.508 e. The number of thiazole rings is 1. The molecule has 2 unspecified atom stereocenters. The fourth-order valence-electron chi connectivity index (χ4n) is 12.8. The van der Waals surface area contributed by atoms with Crippen molar-refractivity contribution in [3.63, 3.8) is 0 Å². The lowest BCUT2D eigenvalue weighted by atomic mass is 9.91. The van der Waals surface area contributed by atoms with Crippen molar-refractivity contribution in [2.24, 2.45) is 5.92 Å². The van der Waals surface area contributed by atoms with Crippen LogP contribution < -0.4 is 25.0 Å². The van der Waals surface area contributed by atoms with Crippen LogP contribution in [0.1, 0.15) is 94.3 Å². The van der Waals surface area contributed by atoms with Crippen molar-refractivity contribution < 1.29 is 47.7 Å². The highest BCUT2D eigenvalue weighted by atomic mass is 32.1. The second-order valence-corrected chi connectivity index (χ2v) is 24.2. The summed E-state index contributed by atoms with van der Waals surface area (Å²) in [7, 11) is 1.97. The maximum absolute atomic E-state index is 17.2. The van der Waals surface area contributed by atoms with Crippen molar-refractivity contribution in [3.05, 3.63) is 101 Å². The number of aliphatic hydroxyl groups excluding tert-OH is 1. The lowest BCUT2D eigenvalue weighted by molar-refractivity contribution is -0.141. The SMILES string of the molecule is CCc1cccc2cc(O)cc(-c3ncc4c(N5CC6CCC(C5)N6)nc(OC[C@@H]5CC[C@@H](COC(=O)N6CC(Oc7cc([C@@H](C(=O)N8C[C@H](O)C[C@H]8C(=O)N[C@@H](C)c8ccc(-c9scnc9C)cc8)C(C)C)on7)C6)N5C)nc4c3F)c12. The Morgan fingerprint density at radius 2 is 1.70 bits per heavy atom. The minimum absolute atomic E-state index is 0.000606. The summed E-state index contributed by atoms with van der Waals surface area (Å²) in [5.41, 5.74) is 6.40. The van der Waals surface area contributed by atoms with Crippen LogP contribution in [0.15, 0.2) is 76.9 Å². The first kappa shape index (κ1) is 56.0. The zero-order chi connectivity index (χ0) is 57.8. The van der Waals surface area contributed by atoms with Crippen LogP contribution in [-0.4, -0.2) is 163 Å². The number of piperazine rings is 1. The number of phenols is 1. The fourth-order valence-corrected chi connectivity index (χ4v) is 13.6. The van der Waals surface area contributed by atoms with E-state index < -0.39 is 36.1 Å². The predicted molar refractivity (Wildman–Crippen MR) is 310 cm³/mol. The molecule has 4 aromatic heterocycles. The first-order valence-corrected chi connectivity index (χ1v) is 29.8. The topological polar surface area (TPSA) is 234 Å². The van der Waals surface area contributed by atoms with Gasteiger partial charge in [-0.2, -0.15) is 9.97 Å². The van der Waals surface area contributed by atoms with Gasteiger partial charge in [0.1, 0.15) is 54.1 Å². The number of likely N-dealkylation sites (N-methyl/N-ethyl adjacent to an activating group) is 1. The number of rotatable bonds is 17. The Balaban J connectivity index is 0.641. The zero-order valence-corrected chi connectivity index (χ0v) is 48.3. The second kappa shape index (κ2) is 23.3. The van der Waals surface area contributed by atoms with E-state index in [1.807, 2.05) is 89.6 Å². The van der Waals surface area contributed by atoms with E-state index in [2.05, 4.69) is 30.6 Å². The van der Waals surface area contributed by atoms with Crippen LogP contribution in [0.2, 0.25) is 0 Å². The Kier molecular flexibility index (Phi) is 15.7. The third-order valence-corrected chi connectivity index (χ3v) is 18.4. The minimum Gasteiger partial charge on any atom is -0.508 e. The summed E-state index contributed by atoms with van der Waals surface area (Å²) < 4.78 is 41.2. The number of benzene rings is 3. The van der Waals surface area contributed by atoms with Crippen molar-refractivity contribution in [1.29, 1.82) is 0 Å². The number of likely N-dealkylation sites (tertiary alicyclic amines) is 3. The van der Waals surface area contributed by atoms with E-state index in [1.165, 1.54) is 4.90 Å². The molecule has 5 fully saturated rings. The number of fused-ring (bicyclic) bond motifs is 4. The van der Waals surface area contributed by atoms with Crippen LogP contribution in [0.4, 0.5) is 15.0 Å². The number of nitrogens with zero attached hydrogens (tertiary/aromatic N) is 9. The molecular formula is C61H70FN11O9S. The molecule has 436 valence electrons. The number of pyridine rings is 1. The Hall–Kier alpha value is -7.53. The summed E-state index contributed by atoms with van der Waals surface area (Å²) in [5, 5.41) is 34.5. The van der Waals surface area contributed by atoms with Gasteiger partial charge in [0.15, 0.2) is 11.6 Å².